The SMILES string of the molecule is Cc1cc(S(=O)(=O)NCCNC(=O)N(C)C)ccc1Br. The summed E-state index contributed by atoms with van der Waals surface area (Å²) in [6, 6.07) is 4.55. The number of aryl methyl sites for hydroxylation is 1. The fraction of sp³-hybridized carbons (Fsp3) is 0.417. The van der Waals surface area contributed by atoms with Crippen molar-refractivity contribution < 1.29 is 13.2 Å². The van der Waals surface area contributed by atoms with Gasteiger partial charge in [-0.3, -0.25) is 0 Å². The second-order valence-corrected chi connectivity index (χ2v) is 7.06. The maximum atomic E-state index is 12.0. The molecule has 1 aromatic rings. The highest BCUT2D eigenvalue weighted by molar-refractivity contribution is 9.10. The molecule has 0 unspecified atom stereocenters. The first-order chi connectivity index (χ1) is 9.24. The minimum absolute atomic E-state index is 0.136. The van der Waals surface area contributed by atoms with E-state index >= 15 is 0 Å². The summed E-state index contributed by atoms with van der Waals surface area (Å²) in [5.74, 6) is 0. The van der Waals surface area contributed by atoms with Gasteiger partial charge in [-0.25, -0.2) is 17.9 Å². The summed E-state index contributed by atoms with van der Waals surface area (Å²) in [6.45, 7) is 2.18. The Morgan fingerprint density at radius 1 is 1.30 bits per heavy atom. The Balaban J connectivity index is 2.58. The van der Waals surface area contributed by atoms with Crippen molar-refractivity contribution in [2.75, 3.05) is 27.2 Å². The van der Waals surface area contributed by atoms with Gasteiger partial charge < -0.3 is 10.2 Å². The first kappa shape index (κ1) is 16.9. The number of halogens is 1. The molecule has 6 nitrogen and oxygen atoms in total. The zero-order valence-corrected chi connectivity index (χ0v) is 14.0. The maximum Gasteiger partial charge on any atom is 0.316 e. The summed E-state index contributed by atoms with van der Waals surface area (Å²) in [5.41, 5.74) is 0.841. The summed E-state index contributed by atoms with van der Waals surface area (Å²) in [4.78, 5) is 12.8. The number of benzene rings is 1. The van der Waals surface area contributed by atoms with Gasteiger partial charge in [0.15, 0.2) is 0 Å². The third-order valence-corrected chi connectivity index (χ3v) is 4.89. The summed E-state index contributed by atoms with van der Waals surface area (Å²) >= 11 is 3.32. The minimum Gasteiger partial charge on any atom is -0.337 e. The molecule has 1 rings (SSSR count). The van der Waals surface area contributed by atoms with Crippen molar-refractivity contribution in [3.63, 3.8) is 0 Å². The monoisotopic (exact) mass is 363 g/mol. The topological polar surface area (TPSA) is 78.5 Å². The maximum absolute atomic E-state index is 12.0. The van der Waals surface area contributed by atoms with Crippen LogP contribution >= 0.6 is 15.9 Å². The standard InChI is InChI=1S/C12H18BrN3O3S/c1-9-8-10(4-5-11(9)13)20(18,19)15-7-6-14-12(17)16(2)3/h4-5,8,15H,6-7H2,1-3H3,(H,14,17). The van der Waals surface area contributed by atoms with E-state index in [1.54, 1.807) is 26.2 Å². The molecule has 0 spiro atoms. The highest BCUT2D eigenvalue weighted by atomic mass is 79.9. The van der Waals surface area contributed by atoms with Gasteiger partial charge in [-0.05, 0) is 30.7 Å². The largest absolute Gasteiger partial charge is 0.337 e. The van der Waals surface area contributed by atoms with Crippen LogP contribution < -0.4 is 10.0 Å². The highest BCUT2D eigenvalue weighted by Crippen LogP contribution is 2.19. The summed E-state index contributed by atoms with van der Waals surface area (Å²) < 4.78 is 27.3. The first-order valence-electron chi connectivity index (χ1n) is 5.95. The van der Waals surface area contributed by atoms with E-state index in [-0.39, 0.29) is 24.0 Å². The molecule has 0 radical (unpaired) electrons. The Morgan fingerprint density at radius 2 is 1.95 bits per heavy atom. The fourth-order valence-corrected chi connectivity index (χ4v) is 2.74. The van der Waals surface area contributed by atoms with Gasteiger partial charge in [0, 0.05) is 31.7 Å². The number of nitrogens with zero attached hydrogens (tertiary/aromatic N) is 1. The number of sulfonamides is 1. The van der Waals surface area contributed by atoms with Crippen molar-refractivity contribution in [3.05, 3.63) is 28.2 Å². The normalized spacial score (nSPS) is 11.2. The summed E-state index contributed by atoms with van der Waals surface area (Å²) in [6.07, 6.45) is 0. The number of nitrogens with one attached hydrogen (secondary N) is 2. The summed E-state index contributed by atoms with van der Waals surface area (Å²) in [7, 11) is -0.323. The lowest BCUT2D eigenvalue weighted by molar-refractivity contribution is 0.217. The zero-order valence-electron chi connectivity index (χ0n) is 11.6. The average molecular weight is 364 g/mol. The van der Waals surface area contributed by atoms with Crippen LogP contribution in [0.1, 0.15) is 5.56 Å². The molecular formula is C12H18BrN3O3S. The second kappa shape index (κ2) is 7.05. The lowest BCUT2D eigenvalue weighted by Crippen LogP contribution is -2.39. The fourth-order valence-electron chi connectivity index (χ4n) is 1.38. The van der Waals surface area contributed by atoms with E-state index in [9.17, 15) is 13.2 Å². The molecule has 0 aromatic heterocycles. The third-order valence-electron chi connectivity index (χ3n) is 2.54. The molecule has 2 N–H and O–H groups in total. The van der Waals surface area contributed by atoms with Crippen LogP contribution in [-0.2, 0) is 10.0 Å². The molecule has 2 amide bonds. The Kier molecular flexibility index (Phi) is 5.97. The van der Waals surface area contributed by atoms with Crippen LogP contribution in [0.2, 0.25) is 0 Å². The number of carbonyl (C=O) groups is 1. The quantitative estimate of drug-likeness (QED) is 0.774. The summed E-state index contributed by atoms with van der Waals surface area (Å²) in [5, 5.41) is 2.58. The van der Waals surface area contributed by atoms with E-state index in [0.29, 0.717) is 0 Å². The molecule has 0 fully saturated rings. The van der Waals surface area contributed by atoms with Crippen LogP contribution in [-0.4, -0.2) is 46.5 Å². The average Bonchev–Trinajstić information content (AvgIpc) is 2.37. The molecule has 0 heterocycles. The van der Waals surface area contributed by atoms with Crippen molar-refractivity contribution in [2.45, 2.75) is 11.8 Å². The van der Waals surface area contributed by atoms with Crippen molar-refractivity contribution in [1.29, 1.82) is 0 Å². The van der Waals surface area contributed by atoms with E-state index in [2.05, 4.69) is 26.0 Å². The Labute approximate surface area is 127 Å². The lowest BCUT2D eigenvalue weighted by Gasteiger charge is -2.12. The van der Waals surface area contributed by atoms with Crippen molar-refractivity contribution in [1.82, 2.24) is 14.9 Å². The van der Waals surface area contributed by atoms with Crippen LogP contribution in [0.15, 0.2) is 27.6 Å². The lowest BCUT2D eigenvalue weighted by atomic mass is 10.2. The molecule has 8 heteroatoms. The molecular weight excluding hydrogens is 346 g/mol. The van der Waals surface area contributed by atoms with Crippen molar-refractivity contribution >= 4 is 32.0 Å². The van der Waals surface area contributed by atoms with E-state index in [1.165, 1.54) is 11.0 Å². The van der Waals surface area contributed by atoms with Crippen LogP contribution in [0.25, 0.3) is 0 Å². The van der Waals surface area contributed by atoms with Crippen molar-refractivity contribution in [3.8, 4) is 0 Å². The number of rotatable bonds is 5. The van der Waals surface area contributed by atoms with Gasteiger partial charge in [0.05, 0.1) is 4.90 Å². The van der Waals surface area contributed by atoms with Crippen LogP contribution in [0, 0.1) is 6.92 Å². The Hall–Kier alpha value is -1.12. The van der Waals surface area contributed by atoms with Crippen LogP contribution in [0.5, 0.6) is 0 Å². The molecule has 1 aromatic carbocycles. The van der Waals surface area contributed by atoms with Gasteiger partial charge in [-0.15, -0.1) is 0 Å². The predicted molar refractivity (Wildman–Crippen MR) is 81.2 cm³/mol. The number of amides is 2. The van der Waals surface area contributed by atoms with Gasteiger partial charge in [-0.1, -0.05) is 15.9 Å². The number of carbonyl (C=O) groups excluding carboxylic acids is 1. The van der Waals surface area contributed by atoms with Crippen LogP contribution in [0.3, 0.4) is 0 Å². The van der Waals surface area contributed by atoms with Gasteiger partial charge in [-0.2, -0.15) is 0 Å². The van der Waals surface area contributed by atoms with Gasteiger partial charge in [0.1, 0.15) is 0 Å². The highest BCUT2D eigenvalue weighted by Gasteiger charge is 2.14. The first-order valence-corrected chi connectivity index (χ1v) is 8.22. The Morgan fingerprint density at radius 3 is 2.50 bits per heavy atom. The van der Waals surface area contributed by atoms with Gasteiger partial charge in [0.2, 0.25) is 10.0 Å². The molecule has 0 saturated heterocycles. The van der Waals surface area contributed by atoms with E-state index in [4.69, 9.17) is 0 Å². The Bertz CT molecular complexity index is 588. The molecule has 20 heavy (non-hydrogen) atoms. The molecule has 0 atom stereocenters. The smallest absolute Gasteiger partial charge is 0.316 e. The molecule has 0 aliphatic rings. The van der Waals surface area contributed by atoms with E-state index < -0.39 is 10.0 Å². The molecule has 112 valence electrons. The molecule has 0 bridgehead atoms. The number of urea groups is 1. The van der Waals surface area contributed by atoms with Gasteiger partial charge in [0.25, 0.3) is 0 Å². The molecule has 0 aliphatic heterocycles. The molecule has 0 saturated carbocycles. The van der Waals surface area contributed by atoms with E-state index in [1.807, 2.05) is 6.92 Å². The minimum atomic E-state index is -3.55. The van der Waals surface area contributed by atoms with E-state index in [0.717, 1.165) is 10.0 Å². The number of hydrogen-bond acceptors (Lipinski definition) is 3. The zero-order chi connectivity index (χ0) is 15.3. The molecule has 0 aliphatic carbocycles. The predicted octanol–water partition coefficient (Wildman–Crippen LogP) is 1.31. The second-order valence-electron chi connectivity index (χ2n) is 4.44. The number of hydrogen-bond donors (Lipinski definition) is 2. The van der Waals surface area contributed by atoms with Gasteiger partial charge >= 0.3 is 6.03 Å². The van der Waals surface area contributed by atoms with Crippen molar-refractivity contribution in [2.24, 2.45) is 0 Å². The van der Waals surface area contributed by atoms with Crippen LogP contribution in [0.4, 0.5) is 4.79 Å². The third kappa shape index (κ3) is 4.77.